The predicted octanol–water partition coefficient (Wildman–Crippen LogP) is 3.23. The summed E-state index contributed by atoms with van der Waals surface area (Å²) < 4.78 is 0. The molecule has 2 fully saturated rings. The zero-order chi connectivity index (χ0) is 14.8. The van der Waals surface area contributed by atoms with Crippen LogP contribution in [0.5, 0.6) is 0 Å². The summed E-state index contributed by atoms with van der Waals surface area (Å²) in [5, 5.41) is 0. The van der Waals surface area contributed by atoms with Crippen LogP contribution in [0.25, 0.3) is 0 Å². The molecule has 0 saturated heterocycles. The van der Waals surface area contributed by atoms with E-state index in [-0.39, 0.29) is 11.8 Å². The number of hydrogen-bond donors (Lipinski definition) is 1. The summed E-state index contributed by atoms with van der Waals surface area (Å²) in [7, 11) is 1.83. The molecule has 3 rings (SSSR count). The number of carbonyl (C=O) groups is 1. The summed E-state index contributed by atoms with van der Waals surface area (Å²) in [5.74, 6) is 2.03. The maximum Gasteiger partial charge on any atom is 0.229 e. The molecule has 1 aromatic rings. The Bertz CT molecular complexity index is 517. The first-order chi connectivity index (χ1) is 10.2. The minimum Gasteiger partial charge on any atom is -0.396 e. The second kappa shape index (κ2) is 6.04. The average Bonchev–Trinajstić information content (AvgIpc) is 2.53. The van der Waals surface area contributed by atoms with Crippen LogP contribution in [0.15, 0.2) is 18.5 Å². The Kier molecular flexibility index (Phi) is 4.13. The van der Waals surface area contributed by atoms with Crippen LogP contribution in [0.4, 0.5) is 11.4 Å². The van der Waals surface area contributed by atoms with Gasteiger partial charge in [0.15, 0.2) is 0 Å². The Morgan fingerprint density at radius 2 is 2.00 bits per heavy atom. The highest BCUT2D eigenvalue weighted by Gasteiger charge is 2.36. The minimum absolute atomic E-state index is 0.168. The van der Waals surface area contributed by atoms with Gasteiger partial charge in [-0.2, -0.15) is 0 Å². The van der Waals surface area contributed by atoms with Gasteiger partial charge in [0.1, 0.15) is 0 Å². The van der Waals surface area contributed by atoms with Crippen LogP contribution < -0.4 is 10.6 Å². The molecule has 1 amide bonds. The Balaban J connectivity index is 1.69. The van der Waals surface area contributed by atoms with Gasteiger partial charge in [0.25, 0.3) is 0 Å². The van der Waals surface area contributed by atoms with Crippen LogP contribution >= 0.6 is 0 Å². The highest BCUT2D eigenvalue weighted by atomic mass is 16.2. The molecule has 1 heterocycles. The number of rotatable bonds is 2. The van der Waals surface area contributed by atoms with E-state index in [1.165, 1.54) is 32.1 Å². The number of amides is 1. The number of fused-ring (bicyclic) bond motifs is 1. The van der Waals surface area contributed by atoms with Crippen molar-refractivity contribution in [1.82, 2.24) is 4.98 Å². The van der Waals surface area contributed by atoms with E-state index < -0.39 is 0 Å². The number of aromatic nitrogens is 1. The molecule has 4 heteroatoms. The first kappa shape index (κ1) is 14.4. The van der Waals surface area contributed by atoms with Crippen LogP contribution in [-0.2, 0) is 4.79 Å². The smallest absolute Gasteiger partial charge is 0.229 e. The van der Waals surface area contributed by atoms with E-state index in [4.69, 9.17) is 5.73 Å². The molecule has 2 saturated carbocycles. The van der Waals surface area contributed by atoms with Crippen LogP contribution in [0.2, 0.25) is 0 Å². The lowest BCUT2D eigenvalue weighted by atomic mass is 9.67. The number of anilines is 2. The molecule has 114 valence electrons. The number of nitrogens with zero attached hydrogens (tertiary/aromatic N) is 2. The topological polar surface area (TPSA) is 59.2 Å². The van der Waals surface area contributed by atoms with E-state index in [0.717, 1.165) is 30.4 Å². The fourth-order valence-electron chi connectivity index (χ4n) is 4.20. The lowest BCUT2D eigenvalue weighted by Crippen LogP contribution is -2.38. The van der Waals surface area contributed by atoms with Gasteiger partial charge in [-0.15, -0.1) is 0 Å². The lowest BCUT2D eigenvalue weighted by Gasteiger charge is -2.39. The second-order valence-electron chi connectivity index (χ2n) is 6.65. The standard InChI is InChI=1S/C17H25N3O/c1-20(16-8-9-19-11-15(16)18)17(21)14-7-6-12-4-2-3-5-13(12)10-14/h8-9,11-14H,2-7,10,18H2,1H3. The van der Waals surface area contributed by atoms with Crippen molar-refractivity contribution < 1.29 is 4.79 Å². The summed E-state index contributed by atoms with van der Waals surface area (Å²) >= 11 is 0. The van der Waals surface area contributed by atoms with Gasteiger partial charge in [0.05, 0.1) is 17.6 Å². The van der Waals surface area contributed by atoms with Gasteiger partial charge < -0.3 is 10.6 Å². The van der Waals surface area contributed by atoms with Crippen molar-refractivity contribution in [3.8, 4) is 0 Å². The number of nitrogen functional groups attached to an aromatic ring is 1. The van der Waals surface area contributed by atoms with Crippen molar-refractivity contribution in [3.63, 3.8) is 0 Å². The monoisotopic (exact) mass is 287 g/mol. The molecule has 0 aliphatic heterocycles. The summed E-state index contributed by atoms with van der Waals surface area (Å²) in [6, 6.07) is 1.82. The molecule has 4 nitrogen and oxygen atoms in total. The third kappa shape index (κ3) is 2.89. The van der Waals surface area contributed by atoms with E-state index in [9.17, 15) is 4.79 Å². The molecule has 2 N–H and O–H groups in total. The fourth-order valence-corrected chi connectivity index (χ4v) is 4.20. The van der Waals surface area contributed by atoms with Crippen LogP contribution in [0.3, 0.4) is 0 Å². The van der Waals surface area contributed by atoms with Gasteiger partial charge in [0, 0.05) is 19.2 Å². The molecule has 21 heavy (non-hydrogen) atoms. The molecule has 3 unspecified atom stereocenters. The summed E-state index contributed by atoms with van der Waals surface area (Å²) in [4.78, 5) is 18.5. The van der Waals surface area contributed by atoms with Crippen molar-refractivity contribution in [3.05, 3.63) is 18.5 Å². The zero-order valence-corrected chi connectivity index (χ0v) is 12.8. The molecule has 0 bridgehead atoms. The summed E-state index contributed by atoms with van der Waals surface area (Å²) in [5.41, 5.74) is 7.29. The van der Waals surface area contributed by atoms with E-state index in [1.54, 1.807) is 17.3 Å². The first-order valence-corrected chi connectivity index (χ1v) is 8.14. The zero-order valence-electron chi connectivity index (χ0n) is 12.8. The summed E-state index contributed by atoms with van der Waals surface area (Å²) in [6.45, 7) is 0. The molecule has 1 aromatic heterocycles. The third-order valence-corrected chi connectivity index (χ3v) is 5.41. The van der Waals surface area contributed by atoms with Crippen molar-refractivity contribution in [2.24, 2.45) is 17.8 Å². The van der Waals surface area contributed by atoms with Crippen molar-refractivity contribution >= 4 is 17.3 Å². The Morgan fingerprint density at radius 1 is 1.24 bits per heavy atom. The SMILES string of the molecule is CN(C(=O)C1CCC2CCCCC2C1)c1ccncc1N. The van der Waals surface area contributed by atoms with E-state index in [0.29, 0.717) is 5.69 Å². The number of carbonyl (C=O) groups excluding carboxylic acids is 1. The van der Waals surface area contributed by atoms with Gasteiger partial charge in [0.2, 0.25) is 5.91 Å². The van der Waals surface area contributed by atoms with Crippen LogP contribution in [0, 0.1) is 17.8 Å². The predicted molar refractivity (Wildman–Crippen MR) is 84.8 cm³/mol. The molecule has 0 aromatic carbocycles. The summed E-state index contributed by atoms with van der Waals surface area (Å²) in [6.07, 6.45) is 12.0. The molecule has 2 aliphatic carbocycles. The minimum atomic E-state index is 0.168. The van der Waals surface area contributed by atoms with Crippen molar-refractivity contribution in [1.29, 1.82) is 0 Å². The van der Waals surface area contributed by atoms with E-state index in [1.807, 2.05) is 13.1 Å². The highest BCUT2D eigenvalue weighted by Crippen LogP contribution is 2.43. The van der Waals surface area contributed by atoms with Crippen molar-refractivity contribution in [2.75, 3.05) is 17.7 Å². The van der Waals surface area contributed by atoms with E-state index in [2.05, 4.69) is 4.98 Å². The second-order valence-corrected chi connectivity index (χ2v) is 6.65. The van der Waals surface area contributed by atoms with Crippen LogP contribution in [0.1, 0.15) is 44.9 Å². The Labute approximate surface area is 126 Å². The van der Waals surface area contributed by atoms with Gasteiger partial charge in [-0.1, -0.05) is 25.7 Å². The molecular formula is C17H25N3O. The molecule has 3 atom stereocenters. The van der Waals surface area contributed by atoms with Gasteiger partial charge in [-0.25, -0.2) is 0 Å². The normalized spacial score (nSPS) is 28.7. The van der Waals surface area contributed by atoms with Crippen LogP contribution in [-0.4, -0.2) is 17.9 Å². The molecule has 0 spiro atoms. The number of nitrogens with two attached hydrogens (primary N) is 1. The van der Waals surface area contributed by atoms with E-state index >= 15 is 0 Å². The highest BCUT2D eigenvalue weighted by molar-refractivity contribution is 5.97. The molecule has 0 radical (unpaired) electrons. The first-order valence-electron chi connectivity index (χ1n) is 8.14. The number of hydrogen-bond acceptors (Lipinski definition) is 3. The van der Waals surface area contributed by atoms with Gasteiger partial charge >= 0.3 is 0 Å². The maximum absolute atomic E-state index is 12.8. The quantitative estimate of drug-likeness (QED) is 0.908. The Morgan fingerprint density at radius 3 is 2.76 bits per heavy atom. The maximum atomic E-state index is 12.8. The fraction of sp³-hybridized carbons (Fsp3) is 0.647. The van der Waals surface area contributed by atoms with Gasteiger partial charge in [-0.05, 0) is 37.2 Å². The molecule has 2 aliphatic rings. The third-order valence-electron chi connectivity index (χ3n) is 5.41. The van der Waals surface area contributed by atoms with Crippen molar-refractivity contribution in [2.45, 2.75) is 44.9 Å². The average molecular weight is 287 g/mol. The lowest BCUT2D eigenvalue weighted by molar-refractivity contribution is -0.124. The molecular weight excluding hydrogens is 262 g/mol. The largest absolute Gasteiger partial charge is 0.396 e. The van der Waals surface area contributed by atoms with Gasteiger partial charge in [-0.3, -0.25) is 9.78 Å². The Hall–Kier alpha value is -1.58. The number of pyridine rings is 1.